The number of amides is 1. The van der Waals surface area contributed by atoms with Crippen LogP contribution in [0.5, 0.6) is 0 Å². The minimum atomic E-state index is -1.11. The van der Waals surface area contributed by atoms with Gasteiger partial charge in [-0.25, -0.2) is 4.79 Å². The van der Waals surface area contributed by atoms with E-state index in [9.17, 15) is 14.7 Å². The molecule has 1 aliphatic heterocycles. The van der Waals surface area contributed by atoms with Gasteiger partial charge in [-0.3, -0.25) is 4.79 Å². The van der Waals surface area contributed by atoms with Crippen LogP contribution >= 0.6 is 0 Å². The fraction of sp³-hybridized carbons (Fsp3) is 0.429. The van der Waals surface area contributed by atoms with E-state index in [-0.39, 0.29) is 13.0 Å². The van der Waals surface area contributed by atoms with Crippen molar-refractivity contribution >= 4 is 11.9 Å². The zero-order valence-corrected chi connectivity index (χ0v) is 11.0. The number of β-amino-alcohol motifs (C(OH)–C–C–N with tert-alkyl or cyclic N) is 1. The summed E-state index contributed by atoms with van der Waals surface area (Å²) in [6.45, 7) is 0.0261. The van der Waals surface area contributed by atoms with Crippen molar-refractivity contribution in [2.45, 2.75) is 31.0 Å². The molecular formula is C14H18N2O4. The van der Waals surface area contributed by atoms with E-state index in [0.29, 0.717) is 6.42 Å². The largest absolute Gasteiger partial charge is 0.480 e. The number of nitrogens with zero attached hydrogens (tertiary/aromatic N) is 1. The number of carboxylic acids is 1. The molecule has 6 nitrogen and oxygen atoms in total. The van der Waals surface area contributed by atoms with Crippen LogP contribution in [0.3, 0.4) is 0 Å². The number of hydrogen-bond acceptors (Lipinski definition) is 4. The average Bonchev–Trinajstić information content (AvgIpc) is 2.81. The first-order valence-corrected chi connectivity index (χ1v) is 6.50. The summed E-state index contributed by atoms with van der Waals surface area (Å²) in [5.41, 5.74) is 6.79. The van der Waals surface area contributed by atoms with Crippen molar-refractivity contribution in [3.05, 3.63) is 35.9 Å². The number of likely N-dealkylation sites (tertiary alicyclic amines) is 1. The Morgan fingerprint density at radius 3 is 2.60 bits per heavy atom. The number of rotatable bonds is 4. The molecule has 0 spiro atoms. The van der Waals surface area contributed by atoms with Crippen LogP contribution in [0.4, 0.5) is 0 Å². The summed E-state index contributed by atoms with van der Waals surface area (Å²) in [6.07, 6.45) is -0.401. The summed E-state index contributed by atoms with van der Waals surface area (Å²) in [4.78, 5) is 24.5. The summed E-state index contributed by atoms with van der Waals surface area (Å²) >= 11 is 0. The molecule has 0 bridgehead atoms. The zero-order chi connectivity index (χ0) is 14.7. The standard InChI is InChI=1S/C14H18N2O4/c15-11(6-9-4-2-1-3-5-9)13(18)16-8-10(17)7-12(16)14(19)20/h1-5,10-12,17H,6-8,15H2,(H,19,20)/t10-,11-,12-/m1/s1. The first kappa shape index (κ1) is 14.5. The second-order valence-electron chi connectivity index (χ2n) is 5.03. The summed E-state index contributed by atoms with van der Waals surface area (Å²) in [6, 6.07) is 7.51. The van der Waals surface area contributed by atoms with Crippen LogP contribution in [-0.4, -0.2) is 51.7 Å². The van der Waals surface area contributed by atoms with Crippen LogP contribution in [-0.2, 0) is 16.0 Å². The monoisotopic (exact) mass is 278 g/mol. The number of aliphatic carboxylic acids is 1. The smallest absolute Gasteiger partial charge is 0.326 e. The Morgan fingerprint density at radius 2 is 2.00 bits per heavy atom. The molecule has 2 rings (SSSR count). The highest BCUT2D eigenvalue weighted by Gasteiger charge is 2.40. The molecule has 0 aromatic heterocycles. The molecule has 3 atom stereocenters. The lowest BCUT2D eigenvalue weighted by atomic mass is 10.1. The molecule has 1 heterocycles. The van der Waals surface area contributed by atoms with Gasteiger partial charge in [0.15, 0.2) is 0 Å². The first-order chi connectivity index (χ1) is 9.49. The van der Waals surface area contributed by atoms with Gasteiger partial charge in [-0.1, -0.05) is 30.3 Å². The summed E-state index contributed by atoms with van der Waals surface area (Å²) in [7, 11) is 0. The van der Waals surface area contributed by atoms with Gasteiger partial charge in [-0.2, -0.15) is 0 Å². The van der Waals surface area contributed by atoms with E-state index in [1.165, 1.54) is 4.90 Å². The van der Waals surface area contributed by atoms with Gasteiger partial charge >= 0.3 is 5.97 Å². The molecule has 20 heavy (non-hydrogen) atoms. The van der Waals surface area contributed by atoms with Gasteiger partial charge in [0.2, 0.25) is 5.91 Å². The molecule has 0 radical (unpaired) electrons. The highest BCUT2D eigenvalue weighted by Crippen LogP contribution is 2.19. The summed E-state index contributed by atoms with van der Waals surface area (Å²) < 4.78 is 0. The third kappa shape index (κ3) is 3.15. The summed E-state index contributed by atoms with van der Waals surface area (Å²) in [5.74, 6) is -1.54. The Labute approximate surface area is 116 Å². The van der Waals surface area contributed by atoms with Crippen molar-refractivity contribution < 1.29 is 19.8 Å². The number of carboxylic acid groups (broad SMARTS) is 1. The second kappa shape index (κ2) is 6.02. The minimum Gasteiger partial charge on any atom is -0.480 e. The molecule has 1 aromatic rings. The maximum atomic E-state index is 12.2. The number of carbonyl (C=O) groups is 2. The van der Waals surface area contributed by atoms with Crippen LogP contribution < -0.4 is 5.73 Å². The third-order valence-electron chi connectivity index (χ3n) is 3.46. The number of nitrogens with two attached hydrogens (primary N) is 1. The van der Waals surface area contributed by atoms with E-state index in [1.54, 1.807) is 0 Å². The highest BCUT2D eigenvalue weighted by atomic mass is 16.4. The van der Waals surface area contributed by atoms with Gasteiger partial charge < -0.3 is 20.8 Å². The Kier molecular flexibility index (Phi) is 4.36. The zero-order valence-electron chi connectivity index (χ0n) is 11.0. The SMILES string of the molecule is N[C@H](Cc1ccccc1)C(=O)N1C[C@H](O)C[C@@H]1C(=O)O. The average molecular weight is 278 g/mol. The molecule has 1 aliphatic rings. The predicted molar refractivity (Wildman–Crippen MR) is 71.9 cm³/mol. The van der Waals surface area contributed by atoms with Crippen molar-refractivity contribution in [2.24, 2.45) is 5.73 Å². The van der Waals surface area contributed by atoms with E-state index >= 15 is 0 Å². The van der Waals surface area contributed by atoms with Gasteiger partial charge in [0.05, 0.1) is 12.1 Å². The molecule has 4 N–H and O–H groups in total. The number of hydrogen-bond donors (Lipinski definition) is 3. The first-order valence-electron chi connectivity index (χ1n) is 6.50. The van der Waals surface area contributed by atoms with E-state index in [0.717, 1.165) is 5.56 Å². The van der Waals surface area contributed by atoms with E-state index < -0.39 is 30.1 Å². The van der Waals surface area contributed by atoms with Crippen molar-refractivity contribution in [3.8, 4) is 0 Å². The van der Waals surface area contributed by atoms with Crippen molar-refractivity contribution in [1.29, 1.82) is 0 Å². The van der Waals surface area contributed by atoms with Crippen LogP contribution in [0.2, 0.25) is 0 Å². The lowest BCUT2D eigenvalue weighted by Crippen LogP contribution is -2.49. The Balaban J connectivity index is 2.04. The lowest BCUT2D eigenvalue weighted by Gasteiger charge is -2.24. The fourth-order valence-electron chi connectivity index (χ4n) is 2.46. The van der Waals surface area contributed by atoms with Crippen molar-refractivity contribution in [1.82, 2.24) is 4.90 Å². The topological polar surface area (TPSA) is 104 Å². The Bertz CT molecular complexity index is 491. The fourth-order valence-corrected chi connectivity index (χ4v) is 2.46. The molecule has 0 aliphatic carbocycles. The number of benzene rings is 1. The molecule has 1 saturated heterocycles. The molecule has 1 amide bonds. The highest BCUT2D eigenvalue weighted by molar-refractivity contribution is 5.87. The number of aliphatic hydroxyl groups is 1. The molecular weight excluding hydrogens is 260 g/mol. The Hall–Kier alpha value is -1.92. The molecule has 1 aromatic carbocycles. The Morgan fingerprint density at radius 1 is 1.35 bits per heavy atom. The molecule has 0 unspecified atom stereocenters. The van der Waals surface area contributed by atoms with Gasteiger partial charge in [0.25, 0.3) is 0 Å². The van der Waals surface area contributed by atoms with Crippen LogP contribution in [0.1, 0.15) is 12.0 Å². The van der Waals surface area contributed by atoms with E-state index in [1.807, 2.05) is 30.3 Å². The van der Waals surface area contributed by atoms with Crippen molar-refractivity contribution in [3.63, 3.8) is 0 Å². The van der Waals surface area contributed by atoms with Crippen LogP contribution in [0, 0.1) is 0 Å². The van der Waals surface area contributed by atoms with Crippen LogP contribution in [0.25, 0.3) is 0 Å². The molecule has 108 valence electrons. The summed E-state index contributed by atoms with van der Waals surface area (Å²) in [5, 5.41) is 18.6. The maximum Gasteiger partial charge on any atom is 0.326 e. The maximum absolute atomic E-state index is 12.2. The second-order valence-corrected chi connectivity index (χ2v) is 5.03. The van der Waals surface area contributed by atoms with E-state index in [4.69, 9.17) is 10.8 Å². The van der Waals surface area contributed by atoms with E-state index in [2.05, 4.69) is 0 Å². The quantitative estimate of drug-likeness (QED) is 0.695. The molecule has 6 heteroatoms. The number of aliphatic hydroxyl groups excluding tert-OH is 1. The normalized spacial score (nSPS) is 23.6. The predicted octanol–water partition coefficient (Wildman–Crippen LogP) is -0.397. The van der Waals surface area contributed by atoms with Gasteiger partial charge in [-0.05, 0) is 12.0 Å². The van der Waals surface area contributed by atoms with Gasteiger partial charge in [-0.15, -0.1) is 0 Å². The minimum absolute atomic E-state index is 0.0261. The lowest BCUT2D eigenvalue weighted by molar-refractivity contribution is -0.148. The third-order valence-corrected chi connectivity index (χ3v) is 3.46. The van der Waals surface area contributed by atoms with Crippen molar-refractivity contribution in [2.75, 3.05) is 6.54 Å². The molecule has 0 saturated carbocycles. The number of carbonyl (C=O) groups excluding carboxylic acids is 1. The molecule has 1 fully saturated rings. The van der Waals surface area contributed by atoms with Gasteiger partial charge in [0.1, 0.15) is 6.04 Å². The van der Waals surface area contributed by atoms with Gasteiger partial charge in [0, 0.05) is 13.0 Å². The van der Waals surface area contributed by atoms with Crippen LogP contribution in [0.15, 0.2) is 30.3 Å².